The van der Waals surface area contributed by atoms with Crippen molar-refractivity contribution in [3.63, 3.8) is 0 Å². The summed E-state index contributed by atoms with van der Waals surface area (Å²) in [7, 11) is 0. The Hall–Kier alpha value is -2.90. The fraction of sp³-hybridized carbons (Fsp3) is 0.545. The molecule has 2 fully saturated rings. The van der Waals surface area contributed by atoms with Crippen LogP contribution in [0.5, 0.6) is 0 Å². The van der Waals surface area contributed by atoms with Gasteiger partial charge in [-0.05, 0) is 50.5 Å². The Balaban J connectivity index is 1.41. The predicted octanol–water partition coefficient (Wildman–Crippen LogP) is 1.92. The maximum atomic E-state index is 12.2. The summed E-state index contributed by atoms with van der Waals surface area (Å²) in [5, 5.41) is 5.41. The number of ether oxygens (including phenoxy) is 1. The molecule has 0 aromatic heterocycles. The van der Waals surface area contributed by atoms with Crippen LogP contribution in [-0.4, -0.2) is 48.9 Å². The molecule has 1 heterocycles. The zero-order valence-electron chi connectivity index (χ0n) is 17.3. The number of rotatable bonds is 7. The number of nitrogens with zero attached hydrogens (tertiary/aromatic N) is 1. The number of benzene rings is 1. The third kappa shape index (κ3) is 5.81. The molecule has 1 aliphatic carbocycles. The average Bonchev–Trinajstić information content (AvgIpc) is 3.18. The summed E-state index contributed by atoms with van der Waals surface area (Å²) in [6.07, 6.45) is 5.76. The van der Waals surface area contributed by atoms with Gasteiger partial charge in [-0.3, -0.25) is 19.2 Å². The normalized spacial score (nSPS) is 18.0. The number of carbonyl (C=O) groups excluding carboxylic acids is 4. The molecule has 0 unspecified atom stereocenters. The fourth-order valence-electron chi connectivity index (χ4n) is 3.83. The van der Waals surface area contributed by atoms with Gasteiger partial charge in [0.05, 0.1) is 0 Å². The highest BCUT2D eigenvalue weighted by atomic mass is 16.5. The van der Waals surface area contributed by atoms with Crippen LogP contribution in [0.3, 0.4) is 0 Å². The first-order valence-electron chi connectivity index (χ1n) is 10.6. The Kier molecular flexibility index (Phi) is 7.43. The number of nitrogens with one attached hydrogen (secondary N) is 2. The van der Waals surface area contributed by atoms with Gasteiger partial charge >= 0.3 is 5.97 Å². The first-order valence-corrected chi connectivity index (χ1v) is 10.6. The molecule has 1 aromatic rings. The molecule has 30 heavy (non-hydrogen) atoms. The van der Waals surface area contributed by atoms with E-state index in [1.54, 1.807) is 29.2 Å². The molecule has 1 atom stereocenters. The van der Waals surface area contributed by atoms with Gasteiger partial charge in [0.25, 0.3) is 11.8 Å². The third-order valence-corrected chi connectivity index (χ3v) is 5.54. The van der Waals surface area contributed by atoms with E-state index in [1.807, 2.05) is 0 Å². The van der Waals surface area contributed by atoms with Crippen molar-refractivity contribution in [3.8, 4) is 0 Å². The van der Waals surface area contributed by atoms with Gasteiger partial charge < -0.3 is 20.3 Å². The van der Waals surface area contributed by atoms with Crippen LogP contribution in [-0.2, 0) is 19.1 Å². The molecule has 0 spiro atoms. The van der Waals surface area contributed by atoms with Gasteiger partial charge in [-0.2, -0.15) is 0 Å². The van der Waals surface area contributed by atoms with Crippen LogP contribution in [0.4, 0.5) is 5.69 Å². The number of hydrogen-bond donors (Lipinski definition) is 2. The van der Waals surface area contributed by atoms with E-state index in [-0.39, 0.29) is 24.4 Å². The van der Waals surface area contributed by atoms with Crippen molar-refractivity contribution in [2.75, 3.05) is 18.0 Å². The largest absolute Gasteiger partial charge is 0.451 e. The second kappa shape index (κ2) is 10.2. The minimum atomic E-state index is -0.909. The lowest BCUT2D eigenvalue weighted by Gasteiger charge is -2.24. The lowest BCUT2D eigenvalue weighted by atomic mass is 9.95. The van der Waals surface area contributed by atoms with E-state index in [1.165, 1.54) is 13.3 Å². The minimum Gasteiger partial charge on any atom is -0.451 e. The first kappa shape index (κ1) is 21.8. The second-order valence-electron chi connectivity index (χ2n) is 7.85. The van der Waals surface area contributed by atoms with Crippen molar-refractivity contribution in [2.45, 2.75) is 64.0 Å². The van der Waals surface area contributed by atoms with Crippen molar-refractivity contribution in [1.29, 1.82) is 0 Å². The van der Waals surface area contributed by atoms with Crippen LogP contribution in [0.25, 0.3) is 0 Å². The summed E-state index contributed by atoms with van der Waals surface area (Å²) in [6, 6.07) is 6.80. The topological polar surface area (TPSA) is 105 Å². The lowest BCUT2D eigenvalue weighted by Crippen LogP contribution is -2.43. The van der Waals surface area contributed by atoms with Gasteiger partial charge in [-0.15, -0.1) is 0 Å². The van der Waals surface area contributed by atoms with Gasteiger partial charge in [0, 0.05) is 30.3 Å². The minimum absolute atomic E-state index is 0.0802. The number of esters is 1. The van der Waals surface area contributed by atoms with Crippen LogP contribution in [0, 0.1) is 0 Å². The molecule has 162 valence electrons. The van der Waals surface area contributed by atoms with Gasteiger partial charge in [0.1, 0.15) is 6.54 Å². The zero-order chi connectivity index (χ0) is 21.5. The number of hydrogen-bond acceptors (Lipinski definition) is 5. The molecule has 0 bridgehead atoms. The van der Waals surface area contributed by atoms with Gasteiger partial charge in [0.15, 0.2) is 6.10 Å². The van der Waals surface area contributed by atoms with Crippen LogP contribution in [0.1, 0.15) is 62.2 Å². The molecule has 8 heteroatoms. The van der Waals surface area contributed by atoms with Crippen LogP contribution in [0.2, 0.25) is 0 Å². The molecule has 3 amide bonds. The standard InChI is InChI=1S/C22H29N3O5/c1-15(21(28)24-17-6-3-2-4-7-17)30-20(27)14-23-22(29)16-9-11-18(12-10-16)25-13-5-8-19(25)26/h9-12,15,17H,2-8,13-14H2,1H3,(H,23,29)(H,24,28)/t15-/m0/s1. The fourth-order valence-corrected chi connectivity index (χ4v) is 3.83. The summed E-state index contributed by atoms with van der Waals surface area (Å²) in [6.45, 7) is 1.88. The zero-order valence-corrected chi connectivity index (χ0v) is 17.3. The van der Waals surface area contributed by atoms with E-state index in [9.17, 15) is 19.2 Å². The quantitative estimate of drug-likeness (QED) is 0.662. The molecule has 0 radical (unpaired) electrons. The summed E-state index contributed by atoms with van der Waals surface area (Å²) in [5.41, 5.74) is 1.13. The molecular formula is C22H29N3O5. The molecule has 8 nitrogen and oxygen atoms in total. The number of anilines is 1. The molecule has 2 N–H and O–H groups in total. The number of amides is 3. The second-order valence-corrected chi connectivity index (χ2v) is 7.85. The number of carbonyl (C=O) groups is 4. The van der Waals surface area contributed by atoms with E-state index >= 15 is 0 Å². The molecule has 3 rings (SSSR count). The van der Waals surface area contributed by atoms with Crippen molar-refractivity contribution >= 4 is 29.4 Å². The predicted molar refractivity (Wildman–Crippen MR) is 111 cm³/mol. The molecule has 1 saturated carbocycles. The molecular weight excluding hydrogens is 386 g/mol. The Morgan fingerprint density at radius 1 is 1.10 bits per heavy atom. The van der Waals surface area contributed by atoms with Crippen molar-refractivity contribution < 1.29 is 23.9 Å². The summed E-state index contributed by atoms with van der Waals surface area (Å²) < 4.78 is 5.13. The van der Waals surface area contributed by atoms with Crippen molar-refractivity contribution in [3.05, 3.63) is 29.8 Å². The summed E-state index contributed by atoms with van der Waals surface area (Å²) >= 11 is 0. The molecule has 2 aliphatic rings. The summed E-state index contributed by atoms with van der Waals surface area (Å²) in [5.74, 6) is -1.33. The van der Waals surface area contributed by atoms with Crippen LogP contribution in [0.15, 0.2) is 24.3 Å². The lowest BCUT2D eigenvalue weighted by molar-refractivity contribution is -0.154. The SMILES string of the molecule is C[C@H](OC(=O)CNC(=O)c1ccc(N2CCCC2=O)cc1)C(=O)NC1CCCCC1. The monoisotopic (exact) mass is 415 g/mol. The molecule has 1 aliphatic heterocycles. The highest BCUT2D eigenvalue weighted by Gasteiger charge is 2.23. The van der Waals surface area contributed by atoms with Crippen LogP contribution < -0.4 is 15.5 Å². The first-order chi connectivity index (χ1) is 14.4. The molecule has 1 aromatic carbocycles. The van der Waals surface area contributed by atoms with E-state index in [0.717, 1.165) is 37.8 Å². The smallest absolute Gasteiger partial charge is 0.326 e. The summed E-state index contributed by atoms with van der Waals surface area (Å²) in [4.78, 5) is 49.9. The Bertz CT molecular complexity index is 786. The van der Waals surface area contributed by atoms with E-state index in [4.69, 9.17) is 4.74 Å². The highest BCUT2D eigenvalue weighted by molar-refractivity contribution is 5.98. The Morgan fingerprint density at radius 3 is 2.43 bits per heavy atom. The van der Waals surface area contributed by atoms with Crippen LogP contribution >= 0.6 is 0 Å². The van der Waals surface area contributed by atoms with Gasteiger partial charge in [0.2, 0.25) is 5.91 Å². The van der Waals surface area contributed by atoms with E-state index < -0.39 is 18.0 Å². The Labute approximate surface area is 176 Å². The average molecular weight is 415 g/mol. The maximum Gasteiger partial charge on any atom is 0.326 e. The van der Waals surface area contributed by atoms with Crippen molar-refractivity contribution in [1.82, 2.24) is 10.6 Å². The van der Waals surface area contributed by atoms with E-state index in [0.29, 0.717) is 18.5 Å². The maximum absolute atomic E-state index is 12.2. The highest BCUT2D eigenvalue weighted by Crippen LogP contribution is 2.21. The van der Waals surface area contributed by atoms with Gasteiger partial charge in [-0.1, -0.05) is 19.3 Å². The Morgan fingerprint density at radius 2 is 1.80 bits per heavy atom. The van der Waals surface area contributed by atoms with E-state index in [2.05, 4.69) is 10.6 Å². The molecule has 1 saturated heterocycles. The third-order valence-electron chi connectivity index (χ3n) is 5.54. The van der Waals surface area contributed by atoms with Gasteiger partial charge in [-0.25, -0.2) is 0 Å². The van der Waals surface area contributed by atoms with Crippen molar-refractivity contribution in [2.24, 2.45) is 0 Å².